The van der Waals surface area contributed by atoms with E-state index in [9.17, 15) is 4.79 Å². The Hall–Kier alpha value is -2.74. The Balaban J connectivity index is 1.78. The smallest absolute Gasteiger partial charge is 0.263 e. The number of amides is 1. The lowest BCUT2D eigenvalue weighted by molar-refractivity contribution is 0.102. The molecule has 0 aliphatic heterocycles. The first-order valence-electron chi connectivity index (χ1n) is 7.37. The van der Waals surface area contributed by atoms with E-state index in [-0.39, 0.29) is 5.91 Å². The minimum Gasteiger partial charge on any atom is -0.497 e. The van der Waals surface area contributed by atoms with Crippen LogP contribution in [0, 0.1) is 6.92 Å². The molecule has 7 nitrogen and oxygen atoms in total. The highest BCUT2D eigenvalue weighted by Crippen LogP contribution is 2.24. The van der Waals surface area contributed by atoms with Gasteiger partial charge >= 0.3 is 0 Å². The zero-order chi connectivity index (χ0) is 17.1. The van der Waals surface area contributed by atoms with Crippen LogP contribution in [0.1, 0.15) is 28.7 Å². The molecule has 0 saturated carbocycles. The summed E-state index contributed by atoms with van der Waals surface area (Å²) in [7, 11) is 1.61. The second-order valence-corrected chi connectivity index (χ2v) is 5.78. The van der Waals surface area contributed by atoms with Crippen molar-refractivity contribution in [1.29, 1.82) is 0 Å². The van der Waals surface area contributed by atoms with Gasteiger partial charge in [-0.05, 0) is 31.2 Å². The van der Waals surface area contributed by atoms with Gasteiger partial charge in [0.15, 0.2) is 5.82 Å². The van der Waals surface area contributed by atoms with Gasteiger partial charge in [-0.15, -0.1) is 0 Å². The fourth-order valence-electron chi connectivity index (χ4n) is 2.24. The van der Waals surface area contributed by atoms with E-state index in [1.165, 1.54) is 0 Å². The number of aryl methyl sites for hydroxylation is 2. The number of nitrogens with zero attached hydrogens (tertiary/aromatic N) is 3. The Morgan fingerprint density at radius 1 is 1.33 bits per heavy atom. The quantitative estimate of drug-likeness (QED) is 0.763. The Labute approximate surface area is 142 Å². The summed E-state index contributed by atoms with van der Waals surface area (Å²) in [5.74, 6) is 1.58. The van der Waals surface area contributed by atoms with Gasteiger partial charge in [0.2, 0.25) is 5.13 Å². The van der Waals surface area contributed by atoms with Crippen molar-refractivity contribution in [3.8, 4) is 17.1 Å². The van der Waals surface area contributed by atoms with Crippen molar-refractivity contribution in [2.75, 3.05) is 12.4 Å². The van der Waals surface area contributed by atoms with Crippen LogP contribution in [0.2, 0.25) is 0 Å². The molecule has 0 aliphatic carbocycles. The molecule has 1 amide bonds. The van der Waals surface area contributed by atoms with E-state index in [2.05, 4.69) is 19.8 Å². The Morgan fingerprint density at radius 2 is 2.08 bits per heavy atom. The van der Waals surface area contributed by atoms with E-state index in [1.54, 1.807) is 14.0 Å². The maximum atomic E-state index is 12.4. The Kier molecular flexibility index (Phi) is 4.57. The van der Waals surface area contributed by atoms with E-state index < -0.39 is 0 Å². The molecule has 0 unspecified atom stereocenters. The van der Waals surface area contributed by atoms with Crippen LogP contribution in [-0.2, 0) is 6.42 Å². The number of rotatable bonds is 5. The minimum atomic E-state index is -0.289. The third-order valence-electron chi connectivity index (χ3n) is 3.48. The summed E-state index contributed by atoms with van der Waals surface area (Å²) in [6, 6.07) is 7.41. The first-order chi connectivity index (χ1) is 11.6. The monoisotopic (exact) mass is 344 g/mol. The van der Waals surface area contributed by atoms with Gasteiger partial charge in [-0.1, -0.05) is 12.1 Å². The minimum absolute atomic E-state index is 0.289. The van der Waals surface area contributed by atoms with Crippen LogP contribution in [0.5, 0.6) is 5.75 Å². The second-order valence-electron chi connectivity index (χ2n) is 5.03. The maximum absolute atomic E-state index is 12.4. The van der Waals surface area contributed by atoms with Gasteiger partial charge < -0.3 is 9.26 Å². The van der Waals surface area contributed by atoms with Crippen molar-refractivity contribution in [2.45, 2.75) is 20.3 Å². The van der Waals surface area contributed by atoms with Gasteiger partial charge in [0.05, 0.1) is 12.8 Å². The van der Waals surface area contributed by atoms with Gasteiger partial charge in [0.1, 0.15) is 17.1 Å². The molecule has 8 heteroatoms. The highest BCUT2D eigenvalue weighted by molar-refractivity contribution is 7.10. The average molecular weight is 344 g/mol. The highest BCUT2D eigenvalue weighted by Gasteiger charge is 2.20. The molecule has 1 N–H and O–H groups in total. The summed E-state index contributed by atoms with van der Waals surface area (Å²) in [4.78, 5) is 16.8. The van der Waals surface area contributed by atoms with Crippen LogP contribution in [0.3, 0.4) is 0 Å². The molecule has 3 aromatic rings. The molecule has 124 valence electrons. The molecule has 0 saturated heterocycles. The van der Waals surface area contributed by atoms with Crippen LogP contribution in [-0.4, -0.2) is 27.5 Å². The van der Waals surface area contributed by atoms with E-state index in [0.29, 0.717) is 34.4 Å². The largest absolute Gasteiger partial charge is 0.497 e. The lowest BCUT2D eigenvalue weighted by Gasteiger charge is -2.01. The second kappa shape index (κ2) is 6.79. The predicted octanol–water partition coefficient (Wildman–Crippen LogP) is 3.32. The van der Waals surface area contributed by atoms with Crippen LogP contribution < -0.4 is 10.1 Å². The maximum Gasteiger partial charge on any atom is 0.263 e. The molecule has 2 aromatic heterocycles. The van der Waals surface area contributed by atoms with Crippen LogP contribution in [0.4, 0.5) is 5.13 Å². The number of nitrogens with one attached hydrogen (secondary N) is 1. The number of anilines is 1. The van der Waals surface area contributed by atoms with E-state index in [1.807, 2.05) is 31.2 Å². The van der Waals surface area contributed by atoms with Crippen molar-refractivity contribution >= 4 is 22.6 Å². The van der Waals surface area contributed by atoms with E-state index in [4.69, 9.17) is 9.26 Å². The zero-order valence-corrected chi connectivity index (χ0v) is 14.3. The van der Waals surface area contributed by atoms with Gasteiger partial charge in [-0.3, -0.25) is 10.1 Å². The summed E-state index contributed by atoms with van der Waals surface area (Å²) in [5.41, 5.74) is 1.87. The van der Waals surface area contributed by atoms with Crippen molar-refractivity contribution in [1.82, 2.24) is 14.5 Å². The summed E-state index contributed by atoms with van der Waals surface area (Å²) in [6.07, 6.45) is 0.594. The first-order valence-corrected chi connectivity index (χ1v) is 8.14. The number of carbonyl (C=O) groups excluding carboxylic acids is 1. The number of benzene rings is 1. The van der Waals surface area contributed by atoms with Crippen molar-refractivity contribution in [2.24, 2.45) is 0 Å². The lowest BCUT2D eigenvalue weighted by Crippen LogP contribution is -2.14. The number of hydrogen-bond donors (Lipinski definition) is 1. The number of aromatic nitrogens is 3. The normalized spacial score (nSPS) is 10.6. The number of methoxy groups -OCH3 is 1. The number of hydrogen-bond acceptors (Lipinski definition) is 7. The molecule has 0 spiro atoms. The van der Waals surface area contributed by atoms with Gasteiger partial charge in [0, 0.05) is 23.5 Å². The molecule has 2 heterocycles. The fraction of sp³-hybridized carbons (Fsp3) is 0.250. The number of ether oxygens (including phenoxy) is 1. The van der Waals surface area contributed by atoms with Crippen LogP contribution >= 0.6 is 11.5 Å². The van der Waals surface area contributed by atoms with Gasteiger partial charge in [0.25, 0.3) is 5.91 Å². The molecule has 0 aliphatic rings. The highest BCUT2D eigenvalue weighted by atomic mass is 32.1. The van der Waals surface area contributed by atoms with Crippen molar-refractivity contribution in [3.05, 3.63) is 41.3 Å². The molecule has 0 radical (unpaired) electrons. The molecule has 1 aromatic carbocycles. The van der Waals surface area contributed by atoms with Crippen LogP contribution in [0.25, 0.3) is 11.4 Å². The SMILES string of the molecule is CCc1onc(C)c1C(=O)Nc1nc(-c2ccc(OC)cc2)ns1. The third kappa shape index (κ3) is 3.13. The zero-order valence-electron chi connectivity index (χ0n) is 13.5. The van der Waals surface area contributed by atoms with Crippen molar-refractivity contribution in [3.63, 3.8) is 0 Å². The summed E-state index contributed by atoms with van der Waals surface area (Å²) < 4.78 is 14.5. The van der Waals surface area contributed by atoms with E-state index >= 15 is 0 Å². The van der Waals surface area contributed by atoms with Crippen LogP contribution in [0.15, 0.2) is 28.8 Å². The summed E-state index contributed by atoms with van der Waals surface area (Å²) >= 11 is 1.12. The van der Waals surface area contributed by atoms with Gasteiger partial charge in [-0.2, -0.15) is 9.36 Å². The van der Waals surface area contributed by atoms with E-state index in [0.717, 1.165) is 22.8 Å². The predicted molar refractivity (Wildman–Crippen MR) is 90.5 cm³/mol. The topological polar surface area (TPSA) is 90.1 Å². The Morgan fingerprint density at radius 3 is 2.75 bits per heavy atom. The fourth-order valence-corrected chi connectivity index (χ4v) is 2.82. The molecule has 0 bridgehead atoms. The molecule has 24 heavy (non-hydrogen) atoms. The Bertz CT molecular complexity index is 855. The van der Waals surface area contributed by atoms with Gasteiger partial charge in [-0.25, -0.2) is 0 Å². The molecular weight excluding hydrogens is 328 g/mol. The average Bonchev–Trinajstić information content (AvgIpc) is 3.21. The lowest BCUT2D eigenvalue weighted by atomic mass is 10.1. The molecular formula is C16H16N4O3S. The molecule has 3 rings (SSSR count). The summed E-state index contributed by atoms with van der Waals surface area (Å²) in [6.45, 7) is 3.64. The third-order valence-corrected chi connectivity index (χ3v) is 4.11. The number of carbonyl (C=O) groups is 1. The molecule has 0 fully saturated rings. The summed E-state index contributed by atoms with van der Waals surface area (Å²) in [5, 5.41) is 7.02. The standard InChI is InChI=1S/C16H16N4O3S/c1-4-12-13(9(2)19-23-12)15(21)18-16-17-14(20-24-16)10-5-7-11(22-3)8-6-10/h5-8H,4H2,1-3H3,(H,17,18,20,21). The first kappa shape index (κ1) is 16.1. The molecule has 0 atom stereocenters. The van der Waals surface area contributed by atoms with Crippen molar-refractivity contribution < 1.29 is 14.1 Å².